The van der Waals surface area contributed by atoms with Gasteiger partial charge in [0.2, 0.25) is 15.9 Å². The average Bonchev–Trinajstić information content (AvgIpc) is 2.65. The van der Waals surface area contributed by atoms with Crippen molar-refractivity contribution in [3.63, 3.8) is 0 Å². The summed E-state index contributed by atoms with van der Waals surface area (Å²) in [5.74, 6) is 0.557. The molecule has 1 amide bonds. The Hall–Kier alpha value is -2.42. The quantitative estimate of drug-likeness (QED) is 0.546. The van der Waals surface area contributed by atoms with E-state index < -0.39 is 10.0 Å². The topological polar surface area (TPSA) is 111 Å². The zero-order valence-corrected chi connectivity index (χ0v) is 15.2. The summed E-state index contributed by atoms with van der Waals surface area (Å²) in [5.41, 5.74) is 5.74. The number of para-hydroxylation sites is 1. The Morgan fingerprint density at radius 1 is 1.08 bits per heavy atom. The van der Waals surface area contributed by atoms with Crippen molar-refractivity contribution in [3.05, 3.63) is 54.6 Å². The molecule has 2 aromatic carbocycles. The van der Waals surface area contributed by atoms with Crippen molar-refractivity contribution >= 4 is 21.6 Å². The zero-order valence-electron chi connectivity index (χ0n) is 14.4. The number of hydrogen-bond acceptors (Lipinski definition) is 5. The molecule has 0 aromatic heterocycles. The maximum atomic E-state index is 12.1. The largest absolute Gasteiger partial charge is 0.494 e. The van der Waals surface area contributed by atoms with Gasteiger partial charge >= 0.3 is 0 Å². The molecule has 7 nitrogen and oxygen atoms in total. The molecule has 0 aliphatic rings. The predicted octanol–water partition coefficient (Wildman–Crippen LogP) is 1.72. The third kappa shape index (κ3) is 6.47. The first-order valence-electron chi connectivity index (χ1n) is 8.29. The van der Waals surface area contributed by atoms with E-state index in [1.165, 1.54) is 12.1 Å². The fourth-order valence-electron chi connectivity index (χ4n) is 2.18. The van der Waals surface area contributed by atoms with Crippen LogP contribution in [0.15, 0.2) is 59.5 Å². The molecule has 0 spiro atoms. The highest BCUT2D eigenvalue weighted by Crippen LogP contribution is 2.16. The fourth-order valence-corrected chi connectivity index (χ4v) is 3.27. The maximum Gasteiger partial charge on any atom is 0.240 e. The molecule has 0 aliphatic heterocycles. The van der Waals surface area contributed by atoms with Gasteiger partial charge in [0.1, 0.15) is 5.75 Å². The Balaban J connectivity index is 1.82. The highest BCUT2D eigenvalue weighted by molar-refractivity contribution is 7.89. The van der Waals surface area contributed by atoms with Crippen molar-refractivity contribution in [1.29, 1.82) is 0 Å². The Kier molecular flexibility index (Phi) is 7.58. The van der Waals surface area contributed by atoms with Gasteiger partial charge in [0.15, 0.2) is 0 Å². The molecule has 0 saturated heterocycles. The van der Waals surface area contributed by atoms with Crippen LogP contribution in [0.5, 0.6) is 5.75 Å². The van der Waals surface area contributed by atoms with Crippen LogP contribution in [0.2, 0.25) is 0 Å². The highest BCUT2D eigenvalue weighted by atomic mass is 32.2. The van der Waals surface area contributed by atoms with Crippen molar-refractivity contribution < 1.29 is 17.9 Å². The molecule has 0 heterocycles. The molecule has 0 aliphatic carbocycles. The number of ether oxygens (including phenoxy) is 1. The van der Waals surface area contributed by atoms with Crippen LogP contribution in [0.1, 0.15) is 12.8 Å². The van der Waals surface area contributed by atoms with Gasteiger partial charge in [-0.25, -0.2) is 13.1 Å². The Morgan fingerprint density at radius 2 is 1.85 bits per heavy atom. The minimum absolute atomic E-state index is 0.0798. The smallest absolute Gasteiger partial charge is 0.240 e. The summed E-state index contributed by atoms with van der Waals surface area (Å²) in [7, 11) is -3.63. The Bertz CT molecular complexity index is 810. The van der Waals surface area contributed by atoms with E-state index in [9.17, 15) is 13.2 Å². The molecular formula is C18H23N3O4S. The van der Waals surface area contributed by atoms with Crippen LogP contribution < -0.4 is 20.5 Å². The Morgan fingerprint density at radius 3 is 2.58 bits per heavy atom. The number of rotatable bonds is 10. The number of amides is 1. The van der Waals surface area contributed by atoms with Crippen molar-refractivity contribution in [2.45, 2.75) is 17.7 Å². The van der Waals surface area contributed by atoms with E-state index in [4.69, 9.17) is 10.5 Å². The van der Waals surface area contributed by atoms with E-state index in [1.807, 2.05) is 30.3 Å². The SMILES string of the molecule is NCCNS(=O)(=O)c1cccc(NC(=O)CCCOc2ccccc2)c1. The highest BCUT2D eigenvalue weighted by Gasteiger charge is 2.14. The number of nitrogens with two attached hydrogens (primary N) is 1. The lowest BCUT2D eigenvalue weighted by Gasteiger charge is -2.09. The number of carbonyl (C=O) groups excluding carboxylic acids is 1. The molecule has 26 heavy (non-hydrogen) atoms. The number of hydrogen-bond donors (Lipinski definition) is 3. The molecule has 140 valence electrons. The summed E-state index contributed by atoms with van der Waals surface area (Å²) >= 11 is 0. The monoisotopic (exact) mass is 377 g/mol. The van der Waals surface area contributed by atoms with Crippen LogP contribution in [0.4, 0.5) is 5.69 Å². The normalized spacial score (nSPS) is 11.1. The summed E-state index contributed by atoms with van der Waals surface area (Å²) < 4.78 is 32.1. The van der Waals surface area contributed by atoms with E-state index in [1.54, 1.807) is 12.1 Å². The second-order valence-corrected chi connectivity index (χ2v) is 7.29. The first-order valence-corrected chi connectivity index (χ1v) is 9.77. The van der Waals surface area contributed by atoms with Crippen LogP contribution in [0, 0.1) is 0 Å². The summed E-state index contributed by atoms with van der Waals surface area (Å²) in [6.07, 6.45) is 0.825. The number of nitrogens with one attached hydrogen (secondary N) is 2. The zero-order chi connectivity index (χ0) is 18.8. The molecule has 0 atom stereocenters. The van der Waals surface area contributed by atoms with Gasteiger partial charge in [-0.3, -0.25) is 4.79 Å². The predicted molar refractivity (Wildman–Crippen MR) is 100 cm³/mol. The molecule has 0 saturated carbocycles. The van der Waals surface area contributed by atoms with E-state index >= 15 is 0 Å². The van der Waals surface area contributed by atoms with Gasteiger partial charge in [-0.15, -0.1) is 0 Å². The van der Waals surface area contributed by atoms with Gasteiger partial charge < -0.3 is 15.8 Å². The molecule has 0 bridgehead atoms. The summed E-state index contributed by atoms with van der Waals surface area (Å²) in [5, 5.41) is 2.70. The Labute approximate surface area is 153 Å². The lowest BCUT2D eigenvalue weighted by Crippen LogP contribution is -2.29. The van der Waals surface area contributed by atoms with Crippen molar-refractivity contribution in [3.8, 4) is 5.75 Å². The molecule has 2 aromatic rings. The molecular weight excluding hydrogens is 354 g/mol. The van der Waals surface area contributed by atoms with Gasteiger partial charge in [0.05, 0.1) is 11.5 Å². The molecule has 8 heteroatoms. The number of benzene rings is 2. The van der Waals surface area contributed by atoms with Crippen LogP contribution in [-0.2, 0) is 14.8 Å². The van der Waals surface area contributed by atoms with Gasteiger partial charge in [-0.2, -0.15) is 0 Å². The van der Waals surface area contributed by atoms with Gasteiger partial charge in [-0.05, 0) is 36.8 Å². The molecule has 0 fully saturated rings. The maximum absolute atomic E-state index is 12.1. The average molecular weight is 377 g/mol. The molecule has 0 unspecified atom stereocenters. The van der Waals surface area contributed by atoms with Gasteiger partial charge in [0.25, 0.3) is 0 Å². The van der Waals surface area contributed by atoms with Gasteiger partial charge in [-0.1, -0.05) is 24.3 Å². The second-order valence-electron chi connectivity index (χ2n) is 5.53. The lowest BCUT2D eigenvalue weighted by molar-refractivity contribution is -0.116. The second kappa shape index (κ2) is 9.91. The van der Waals surface area contributed by atoms with Crippen LogP contribution in [0.3, 0.4) is 0 Å². The fraction of sp³-hybridized carbons (Fsp3) is 0.278. The molecule has 2 rings (SSSR count). The minimum Gasteiger partial charge on any atom is -0.494 e. The van der Waals surface area contributed by atoms with E-state index in [-0.39, 0.29) is 30.3 Å². The standard InChI is InChI=1S/C18H23N3O4S/c19-11-12-20-26(23,24)17-9-4-6-15(14-17)21-18(22)10-5-13-25-16-7-2-1-3-8-16/h1-4,6-9,14,20H,5,10-13,19H2,(H,21,22). The van der Waals surface area contributed by atoms with Crippen LogP contribution in [0.25, 0.3) is 0 Å². The summed E-state index contributed by atoms with van der Waals surface area (Å²) in [4.78, 5) is 12.1. The van der Waals surface area contributed by atoms with E-state index in [0.717, 1.165) is 5.75 Å². The molecule has 0 radical (unpaired) electrons. The van der Waals surface area contributed by atoms with Gasteiger partial charge in [0, 0.05) is 25.2 Å². The van der Waals surface area contributed by atoms with Crippen LogP contribution in [-0.4, -0.2) is 34.0 Å². The summed E-state index contributed by atoms with van der Waals surface area (Å²) in [6.45, 7) is 0.788. The first-order chi connectivity index (χ1) is 12.5. The summed E-state index contributed by atoms with van der Waals surface area (Å²) in [6, 6.07) is 15.5. The van der Waals surface area contributed by atoms with Crippen molar-refractivity contribution in [1.82, 2.24) is 4.72 Å². The third-order valence-electron chi connectivity index (χ3n) is 3.42. The molecule has 4 N–H and O–H groups in total. The van der Waals surface area contributed by atoms with Crippen LogP contribution >= 0.6 is 0 Å². The van der Waals surface area contributed by atoms with E-state index in [2.05, 4.69) is 10.0 Å². The van der Waals surface area contributed by atoms with Crippen molar-refractivity contribution in [2.75, 3.05) is 25.0 Å². The first kappa shape index (κ1) is 19.9. The van der Waals surface area contributed by atoms with Crippen molar-refractivity contribution in [2.24, 2.45) is 5.73 Å². The lowest BCUT2D eigenvalue weighted by atomic mass is 10.2. The number of sulfonamides is 1. The number of carbonyl (C=O) groups is 1. The third-order valence-corrected chi connectivity index (χ3v) is 4.88. The van der Waals surface area contributed by atoms with E-state index in [0.29, 0.717) is 18.7 Å². The minimum atomic E-state index is -3.63. The number of anilines is 1.